The first-order valence-electron chi connectivity index (χ1n) is 15.7. The molecule has 4 rings (SSSR count). The number of fused-ring (bicyclic) bond motifs is 1. The molecular weight excluding hydrogens is 627 g/mol. The maximum Gasteiger partial charge on any atom is 0.271 e. The molecule has 2 heterocycles. The average molecular weight is 674 g/mol. The molecule has 1 aliphatic rings. The molecule has 0 saturated heterocycles. The van der Waals surface area contributed by atoms with Crippen molar-refractivity contribution in [3.8, 4) is 11.5 Å². The standard InChI is InChI=1S/C34H47N3O7S2/c1-24-20-37(25(2)23-38)34(39)30-19-28(35-46(40,41)33-10-8-18-45-33)13-16-31(30)44-26(3)9-6-7-17-43-32(24)22-36(4)21-27-11-14-29(42-5)15-12-27/h8,10-16,18-19,24-26,32,35,38H,6-7,9,17,20-23H2,1-5H3/t24-,25-,26+,32+/m1/s1. The summed E-state index contributed by atoms with van der Waals surface area (Å²) >= 11 is 1.11. The zero-order chi connectivity index (χ0) is 33.3. The number of likely N-dealkylation sites (N-methyl/N-ethyl adjacent to an activating group) is 1. The van der Waals surface area contributed by atoms with Crippen LogP contribution in [0.1, 0.15) is 56.0 Å². The summed E-state index contributed by atoms with van der Waals surface area (Å²) in [4.78, 5) is 18.2. The molecule has 0 bridgehead atoms. The Morgan fingerprint density at radius 3 is 2.59 bits per heavy atom. The van der Waals surface area contributed by atoms with Crippen molar-refractivity contribution < 1.29 is 32.5 Å². The Morgan fingerprint density at radius 1 is 1.15 bits per heavy atom. The topological polar surface area (TPSA) is 118 Å². The van der Waals surface area contributed by atoms with Gasteiger partial charge in [-0.3, -0.25) is 14.4 Å². The van der Waals surface area contributed by atoms with Gasteiger partial charge in [-0.15, -0.1) is 11.3 Å². The highest BCUT2D eigenvalue weighted by atomic mass is 32.2. The molecular formula is C34H47N3O7S2. The molecule has 0 spiro atoms. The van der Waals surface area contributed by atoms with Crippen molar-refractivity contribution in [3.63, 3.8) is 0 Å². The predicted octanol–water partition coefficient (Wildman–Crippen LogP) is 5.49. The zero-order valence-electron chi connectivity index (χ0n) is 27.3. The van der Waals surface area contributed by atoms with E-state index in [0.29, 0.717) is 25.4 Å². The highest BCUT2D eigenvalue weighted by Gasteiger charge is 2.31. The third kappa shape index (κ3) is 9.68. The fourth-order valence-electron chi connectivity index (χ4n) is 5.48. The molecule has 252 valence electrons. The second-order valence-corrected chi connectivity index (χ2v) is 15.0. The molecule has 2 aromatic carbocycles. The molecule has 0 unspecified atom stereocenters. The van der Waals surface area contributed by atoms with E-state index in [1.807, 2.05) is 31.2 Å². The van der Waals surface area contributed by atoms with Gasteiger partial charge in [0.05, 0.1) is 37.5 Å². The van der Waals surface area contributed by atoms with Crippen LogP contribution in [0, 0.1) is 5.92 Å². The lowest BCUT2D eigenvalue weighted by Crippen LogP contribution is -2.47. The van der Waals surface area contributed by atoms with Crippen molar-refractivity contribution in [2.24, 2.45) is 5.92 Å². The minimum Gasteiger partial charge on any atom is -0.497 e. The monoisotopic (exact) mass is 673 g/mol. The Morgan fingerprint density at radius 2 is 1.91 bits per heavy atom. The highest BCUT2D eigenvalue weighted by molar-refractivity contribution is 7.94. The summed E-state index contributed by atoms with van der Waals surface area (Å²) in [6.45, 7) is 7.86. The molecule has 3 aromatic rings. The normalized spacial score (nSPS) is 20.8. The molecule has 12 heteroatoms. The smallest absolute Gasteiger partial charge is 0.271 e. The number of aliphatic hydroxyl groups is 1. The third-order valence-corrected chi connectivity index (χ3v) is 10.9. The van der Waals surface area contributed by atoms with E-state index in [1.165, 1.54) is 12.1 Å². The number of hydrogen-bond donors (Lipinski definition) is 2. The van der Waals surface area contributed by atoms with E-state index < -0.39 is 16.1 Å². The number of thiophene rings is 1. The van der Waals surface area contributed by atoms with Gasteiger partial charge in [0, 0.05) is 37.8 Å². The van der Waals surface area contributed by atoms with Gasteiger partial charge in [0.25, 0.3) is 15.9 Å². The molecule has 1 aliphatic heterocycles. The lowest BCUT2D eigenvalue weighted by Gasteiger charge is -2.36. The third-order valence-electron chi connectivity index (χ3n) is 8.17. The molecule has 0 aliphatic carbocycles. The van der Waals surface area contributed by atoms with E-state index >= 15 is 0 Å². The van der Waals surface area contributed by atoms with Crippen LogP contribution in [0.15, 0.2) is 64.2 Å². The van der Waals surface area contributed by atoms with Crippen LogP contribution in [0.5, 0.6) is 11.5 Å². The Labute approximate surface area is 277 Å². The van der Waals surface area contributed by atoms with Crippen molar-refractivity contribution in [3.05, 3.63) is 71.1 Å². The zero-order valence-corrected chi connectivity index (χ0v) is 29.0. The summed E-state index contributed by atoms with van der Waals surface area (Å²) in [6.07, 6.45) is 2.16. The van der Waals surface area contributed by atoms with E-state index in [-0.39, 0.29) is 46.1 Å². The first-order valence-corrected chi connectivity index (χ1v) is 18.1. The van der Waals surface area contributed by atoms with Crippen molar-refractivity contribution in [1.29, 1.82) is 0 Å². The molecule has 0 saturated carbocycles. The lowest BCUT2D eigenvalue weighted by atomic mass is 10.0. The summed E-state index contributed by atoms with van der Waals surface area (Å²) in [5, 5.41) is 11.9. The number of nitrogens with zero attached hydrogens (tertiary/aromatic N) is 2. The Hall–Kier alpha value is -3.16. The van der Waals surface area contributed by atoms with E-state index in [9.17, 15) is 18.3 Å². The molecule has 1 amide bonds. The van der Waals surface area contributed by atoms with Crippen LogP contribution >= 0.6 is 11.3 Å². The van der Waals surface area contributed by atoms with E-state index in [2.05, 4.69) is 23.6 Å². The molecule has 2 N–H and O–H groups in total. The number of ether oxygens (including phenoxy) is 3. The number of rotatable bonds is 10. The first kappa shape index (κ1) is 35.7. The molecule has 0 fully saturated rings. The number of anilines is 1. The van der Waals surface area contributed by atoms with Crippen LogP contribution in [-0.2, 0) is 21.3 Å². The molecule has 4 atom stereocenters. The van der Waals surface area contributed by atoms with Gasteiger partial charge in [0.15, 0.2) is 0 Å². The Kier molecular flexibility index (Phi) is 12.9. The number of benzene rings is 2. The van der Waals surface area contributed by atoms with Gasteiger partial charge in [-0.1, -0.05) is 25.1 Å². The van der Waals surface area contributed by atoms with Crippen molar-refractivity contribution in [2.45, 2.75) is 69.0 Å². The van der Waals surface area contributed by atoms with Gasteiger partial charge >= 0.3 is 0 Å². The van der Waals surface area contributed by atoms with Crippen LogP contribution in [0.4, 0.5) is 5.69 Å². The van der Waals surface area contributed by atoms with Crippen molar-refractivity contribution in [2.75, 3.05) is 45.2 Å². The van der Waals surface area contributed by atoms with E-state index in [0.717, 1.165) is 48.5 Å². The quantitative estimate of drug-likeness (QED) is 0.291. The molecule has 0 radical (unpaired) electrons. The van der Waals surface area contributed by atoms with Gasteiger partial charge in [-0.2, -0.15) is 0 Å². The Bertz CT molecular complexity index is 1500. The number of amides is 1. The predicted molar refractivity (Wildman–Crippen MR) is 181 cm³/mol. The van der Waals surface area contributed by atoms with Gasteiger partial charge in [0.1, 0.15) is 15.7 Å². The number of carbonyl (C=O) groups is 1. The first-order chi connectivity index (χ1) is 22.0. The van der Waals surface area contributed by atoms with Crippen molar-refractivity contribution >= 4 is 33.0 Å². The van der Waals surface area contributed by atoms with Gasteiger partial charge in [-0.05, 0) is 87.5 Å². The largest absolute Gasteiger partial charge is 0.497 e. The van der Waals surface area contributed by atoms with Crippen LogP contribution in [-0.4, -0.2) is 87.9 Å². The molecule has 46 heavy (non-hydrogen) atoms. The fourth-order valence-corrected chi connectivity index (χ4v) is 7.53. The second kappa shape index (κ2) is 16.6. The maximum absolute atomic E-state index is 14.3. The SMILES string of the molecule is COc1ccc(CN(C)C[C@@H]2OCCCC[C@H](C)Oc3ccc(NS(=O)(=O)c4cccs4)cc3C(=O)N([C@H](C)CO)C[C@H]2C)cc1. The number of nitrogens with one attached hydrogen (secondary N) is 1. The van der Waals surface area contributed by atoms with Crippen molar-refractivity contribution in [1.82, 2.24) is 9.80 Å². The summed E-state index contributed by atoms with van der Waals surface area (Å²) in [5.74, 6) is 0.757. The number of hydrogen-bond acceptors (Lipinski definition) is 9. The Balaban J connectivity index is 1.61. The molecule has 1 aromatic heterocycles. The van der Waals surface area contributed by atoms with E-state index in [1.54, 1.807) is 42.5 Å². The lowest BCUT2D eigenvalue weighted by molar-refractivity contribution is -0.0177. The second-order valence-electron chi connectivity index (χ2n) is 12.1. The summed E-state index contributed by atoms with van der Waals surface area (Å²) in [5.41, 5.74) is 1.64. The van der Waals surface area contributed by atoms with Crippen LogP contribution in [0.2, 0.25) is 0 Å². The highest BCUT2D eigenvalue weighted by Crippen LogP contribution is 2.30. The van der Waals surface area contributed by atoms with Crippen LogP contribution in [0.3, 0.4) is 0 Å². The number of aliphatic hydroxyl groups excluding tert-OH is 1. The van der Waals surface area contributed by atoms with Gasteiger partial charge in [-0.25, -0.2) is 8.42 Å². The van der Waals surface area contributed by atoms with Crippen LogP contribution in [0.25, 0.3) is 0 Å². The van der Waals surface area contributed by atoms with Gasteiger partial charge < -0.3 is 24.2 Å². The summed E-state index contributed by atoms with van der Waals surface area (Å²) < 4.78 is 46.8. The molecule has 10 nitrogen and oxygen atoms in total. The fraction of sp³-hybridized carbons (Fsp3) is 0.500. The van der Waals surface area contributed by atoms with Crippen LogP contribution < -0.4 is 14.2 Å². The van der Waals surface area contributed by atoms with Gasteiger partial charge in [0.2, 0.25) is 0 Å². The number of carbonyl (C=O) groups excluding carboxylic acids is 1. The summed E-state index contributed by atoms with van der Waals surface area (Å²) in [6, 6.07) is 15.5. The maximum atomic E-state index is 14.3. The summed E-state index contributed by atoms with van der Waals surface area (Å²) in [7, 11) is -0.122. The number of methoxy groups -OCH3 is 1. The average Bonchev–Trinajstić information content (AvgIpc) is 3.59. The van der Waals surface area contributed by atoms with E-state index in [4.69, 9.17) is 14.2 Å². The minimum atomic E-state index is -3.83. The minimum absolute atomic E-state index is 0.0805. The number of sulfonamides is 1.